The molecule has 0 unspecified atom stereocenters. The summed E-state index contributed by atoms with van der Waals surface area (Å²) < 4.78 is 5.68. The number of ketones is 1. The van der Waals surface area contributed by atoms with E-state index < -0.39 is 0 Å². The van der Waals surface area contributed by atoms with Crippen LogP contribution in [0.5, 0.6) is 5.75 Å². The molecule has 1 heterocycles. The van der Waals surface area contributed by atoms with E-state index in [0.29, 0.717) is 11.3 Å². The Bertz CT molecular complexity index is 507. The maximum Gasteiger partial charge on any atom is 0.159 e. The molecule has 0 amide bonds. The standard InChI is InChI=1S/C14H14O2/c1-9-4-6-14-12(8-9)5-7-13(16-14)10(2)11(3)15/h4-8H,1-3H3/b13-10+. The quantitative estimate of drug-likeness (QED) is 0.671. The van der Waals surface area contributed by atoms with Gasteiger partial charge in [-0.15, -0.1) is 0 Å². The van der Waals surface area contributed by atoms with Crippen LogP contribution in [0.4, 0.5) is 0 Å². The topological polar surface area (TPSA) is 26.3 Å². The van der Waals surface area contributed by atoms with E-state index >= 15 is 0 Å². The van der Waals surface area contributed by atoms with Gasteiger partial charge in [0, 0.05) is 11.1 Å². The molecule has 1 aromatic rings. The monoisotopic (exact) mass is 214 g/mol. The molecule has 0 atom stereocenters. The van der Waals surface area contributed by atoms with E-state index in [9.17, 15) is 4.79 Å². The van der Waals surface area contributed by atoms with Crippen LogP contribution in [0, 0.1) is 6.92 Å². The van der Waals surface area contributed by atoms with E-state index in [1.807, 2.05) is 31.2 Å². The number of carbonyl (C=O) groups is 1. The van der Waals surface area contributed by atoms with Crippen LogP contribution < -0.4 is 4.74 Å². The Hall–Kier alpha value is -1.83. The molecule has 2 rings (SSSR count). The summed E-state index contributed by atoms with van der Waals surface area (Å²) in [6.45, 7) is 5.37. The molecule has 16 heavy (non-hydrogen) atoms. The fraction of sp³-hybridized carbons (Fsp3) is 0.214. The Kier molecular flexibility index (Phi) is 2.65. The lowest BCUT2D eigenvalue weighted by Gasteiger charge is -2.16. The molecular formula is C14H14O2. The van der Waals surface area contributed by atoms with Crippen molar-refractivity contribution in [1.82, 2.24) is 0 Å². The van der Waals surface area contributed by atoms with Gasteiger partial charge in [-0.3, -0.25) is 4.79 Å². The van der Waals surface area contributed by atoms with Gasteiger partial charge in [0.15, 0.2) is 5.78 Å². The van der Waals surface area contributed by atoms with Gasteiger partial charge in [-0.2, -0.15) is 0 Å². The summed E-state index contributed by atoms with van der Waals surface area (Å²) in [5.41, 5.74) is 2.91. The van der Waals surface area contributed by atoms with Crippen molar-refractivity contribution < 1.29 is 9.53 Å². The number of rotatable bonds is 1. The highest BCUT2D eigenvalue weighted by atomic mass is 16.5. The van der Waals surface area contributed by atoms with Crippen LogP contribution in [0.3, 0.4) is 0 Å². The van der Waals surface area contributed by atoms with Gasteiger partial charge >= 0.3 is 0 Å². The second-order valence-electron chi connectivity index (χ2n) is 4.02. The molecule has 0 radical (unpaired) electrons. The predicted molar refractivity (Wildman–Crippen MR) is 64.2 cm³/mol. The van der Waals surface area contributed by atoms with Crippen molar-refractivity contribution in [2.24, 2.45) is 0 Å². The first-order chi connectivity index (χ1) is 7.58. The molecule has 0 spiro atoms. The summed E-state index contributed by atoms with van der Waals surface area (Å²) in [4.78, 5) is 11.2. The van der Waals surface area contributed by atoms with Gasteiger partial charge in [0.1, 0.15) is 11.5 Å². The van der Waals surface area contributed by atoms with Crippen molar-refractivity contribution in [1.29, 1.82) is 0 Å². The lowest BCUT2D eigenvalue weighted by molar-refractivity contribution is -0.113. The number of fused-ring (bicyclic) bond motifs is 1. The van der Waals surface area contributed by atoms with Crippen LogP contribution in [0.25, 0.3) is 6.08 Å². The highest BCUT2D eigenvalue weighted by Crippen LogP contribution is 2.29. The van der Waals surface area contributed by atoms with E-state index in [-0.39, 0.29) is 5.78 Å². The summed E-state index contributed by atoms with van der Waals surface area (Å²) in [5.74, 6) is 1.49. The maximum atomic E-state index is 11.2. The Morgan fingerprint density at radius 1 is 1.19 bits per heavy atom. The average molecular weight is 214 g/mol. The summed E-state index contributed by atoms with van der Waals surface area (Å²) >= 11 is 0. The first-order valence-corrected chi connectivity index (χ1v) is 5.26. The third kappa shape index (κ3) is 1.91. The van der Waals surface area contributed by atoms with Crippen molar-refractivity contribution in [2.45, 2.75) is 20.8 Å². The first kappa shape index (κ1) is 10.7. The Morgan fingerprint density at radius 3 is 2.62 bits per heavy atom. The Labute approximate surface area is 95.2 Å². The minimum atomic E-state index is 0.0372. The summed E-state index contributed by atoms with van der Waals surface area (Å²) in [6.07, 6.45) is 3.83. The first-order valence-electron chi connectivity index (χ1n) is 5.26. The molecule has 0 N–H and O–H groups in total. The zero-order chi connectivity index (χ0) is 11.7. The molecule has 2 heteroatoms. The van der Waals surface area contributed by atoms with Crippen LogP contribution in [-0.4, -0.2) is 5.78 Å². The fourth-order valence-electron chi connectivity index (χ4n) is 1.58. The van der Waals surface area contributed by atoms with Gasteiger partial charge < -0.3 is 4.74 Å². The molecule has 0 aliphatic carbocycles. The van der Waals surface area contributed by atoms with E-state index in [2.05, 4.69) is 6.07 Å². The second kappa shape index (κ2) is 3.97. The minimum absolute atomic E-state index is 0.0372. The fourth-order valence-corrected chi connectivity index (χ4v) is 1.58. The summed E-state index contributed by atoms with van der Waals surface area (Å²) in [7, 11) is 0. The SMILES string of the molecule is CC(=O)/C(C)=C1\C=Cc2cc(C)ccc2O1. The van der Waals surface area contributed by atoms with Gasteiger partial charge in [0.05, 0.1) is 0 Å². The molecule has 0 saturated carbocycles. The van der Waals surface area contributed by atoms with Gasteiger partial charge in [0.2, 0.25) is 0 Å². The minimum Gasteiger partial charge on any atom is -0.456 e. The van der Waals surface area contributed by atoms with E-state index in [1.54, 1.807) is 13.8 Å². The number of ether oxygens (including phenoxy) is 1. The second-order valence-corrected chi connectivity index (χ2v) is 4.02. The molecule has 1 aliphatic rings. The maximum absolute atomic E-state index is 11.2. The van der Waals surface area contributed by atoms with Crippen molar-refractivity contribution in [2.75, 3.05) is 0 Å². The molecule has 0 bridgehead atoms. The smallest absolute Gasteiger partial charge is 0.159 e. The number of carbonyl (C=O) groups excluding carboxylic acids is 1. The van der Waals surface area contributed by atoms with Crippen molar-refractivity contribution in [3.63, 3.8) is 0 Å². The zero-order valence-corrected chi connectivity index (χ0v) is 9.70. The van der Waals surface area contributed by atoms with Gasteiger partial charge in [-0.1, -0.05) is 11.6 Å². The van der Waals surface area contributed by atoms with Crippen molar-refractivity contribution in [3.8, 4) is 5.75 Å². The van der Waals surface area contributed by atoms with E-state index in [0.717, 1.165) is 11.3 Å². The Morgan fingerprint density at radius 2 is 1.94 bits per heavy atom. The van der Waals surface area contributed by atoms with Crippen LogP contribution in [0.2, 0.25) is 0 Å². The lowest BCUT2D eigenvalue weighted by Crippen LogP contribution is -2.05. The molecule has 0 aromatic heterocycles. The zero-order valence-electron chi connectivity index (χ0n) is 9.70. The van der Waals surface area contributed by atoms with Gasteiger partial charge in [0.25, 0.3) is 0 Å². The average Bonchev–Trinajstić information content (AvgIpc) is 2.27. The van der Waals surface area contributed by atoms with Crippen LogP contribution in [-0.2, 0) is 4.79 Å². The normalized spacial score (nSPS) is 16.4. The van der Waals surface area contributed by atoms with Crippen molar-refractivity contribution >= 4 is 11.9 Å². The predicted octanol–water partition coefficient (Wildman–Crippen LogP) is 3.26. The Balaban J connectivity index is 2.43. The van der Waals surface area contributed by atoms with E-state index in [4.69, 9.17) is 4.74 Å². The van der Waals surface area contributed by atoms with Gasteiger partial charge in [-0.05, 0) is 45.1 Å². The third-order valence-corrected chi connectivity index (χ3v) is 2.70. The molecule has 2 nitrogen and oxygen atoms in total. The number of hydrogen-bond acceptors (Lipinski definition) is 2. The molecule has 0 fully saturated rings. The lowest BCUT2D eigenvalue weighted by atomic mass is 10.1. The third-order valence-electron chi connectivity index (χ3n) is 2.70. The largest absolute Gasteiger partial charge is 0.456 e. The summed E-state index contributed by atoms with van der Waals surface area (Å²) in [5, 5.41) is 0. The molecule has 1 aromatic carbocycles. The number of benzene rings is 1. The van der Waals surface area contributed by atoms with E-state index in [1.165, 1.54) is 5.56 Å². The molecular weight excluding hydrogens is 200 g/mol. The highest BCUT2D eigenvalue weighted by molar-refractivity contribution is 5.94. The van der Waals surface area contributed by atoms with Crippen LogP contribution in [0.15, 0.2) is 35.6 Å². The summed E-state index contributed by atoms with van der Waals surface area (Å²) in [6, 6.07) is 5.99. The van der Waals surface area contributed by atoms with Gasteiger partial charge in [-0.25, -0.2) is 0 Å². The molecule has 82 valence electrons. The molecule has 1 aliphatic heterocycles. The number of Topliss-reactive ketones (excluding diaryl/α,β-unsaturated/α-hetero) is 1. The molecule has 0 saturated heterocycles. The number of allylic oxidation sites excluding steroid dienone is 2. The van der Waals surface area contributed by atoms with Crippen LogP contribution in [0.1, 0.15) is 25.0 Å². The number of aryl methyl sites for hydroxylation is 1. The highest BCUT2D eigenvalue weighted by Gasteiger charge is 2.13. The van der Waals surface area contributed by atoms with Crippen molar-refractivity contribution in [3.05, 3.63) is 46.7 Å². The number of hydrogen-bond donors (Lipinski definition) is 0. The van der Waals surface area contributed by atoms with Crippen LogP contribution >= 0.6 is 0 Å².